The Morgan fingerprint density at radius 2 is 2.15 bits per heavy atom. The van der Waals surface area contributed by atoms with Crippen LogP contribution in [0.1, 0.15) is 20.8 Å². The standard InChI is InChI=1S/C10H17NO2/c1-5-7(4)9-8(6(2)3)11-10(12)13-9/h5-9H,1H2,2-4H3,(H,11,12). The Kier molecular flexibility index (Phi) is 2.96. The fourth-order valence-electron chi connectivity index (χ4n) is 1.56. The van der Waals surface area contributed by atoms with E-state index in [2.05, 4.69) is 25.7 Å². The highest BCUT2D eigenvalue weighted by Gasteiger charge is 2.38. The van der Waals surface area contributed by atoms with Crippen molar-refractivity contribution in [2.24, 2.45) is 11.8 Å². The first-order chi connectivity index (χ1) is 6.06. The van der Waals surface area contributed by atoms with Crippen LogP contribution >= 0.6 is 0 Å². The Labute approximate surface area is 79.2 Å². The summed E-state index contributed by atoms with van der Waals surface area (Å²) >= 11 is 0. The van der Waals surface area contributed by atoms with Gasteiger partial charge >= 0.3 is 6.09 Å². The van der Waals surface area contributed by atoms with Crippen LogP contribution in [0.2, 0.25) is 0 Å². The van der Waals surface area contributed by atoms with E-state index in [0.717, 1.165) is 0 Å². The van der Waals surface area contributed by atoms with Gasteiger partial charge in [-0.3, -0.25) is 0 Å². The molecule has 1 amide bonds. The Morgan fingerprint density at radius 1 is 1.54 bits per heavy atom. The lowest BCUT2D eigenvalue weighted by molar-refractivity contribution is 0.103. The Balaban J connectivity index is 2.71. The van der Waals surface area contributed by atoms with Gasteiger partial charge in [-0.25, -0.2) is 4.79 Å². The predicted molar refractivity (Wildman–Crippen MR) is 51.4 cm³/mol. The van der Waals surface area contributed by atoms with Gasteiger partial charge in [-0.1, -0.05) is 26.8 Å². The Hall–Kier alpha value is -0.990. The fourth-order valence-corrected chi connectivity index (χ4v) is 1.56. The van der Waals surface area contributed by atoms with Crippen LogP contribution in [-0.4, -0.2) is 18.2 Å². The molecule has 1 aliphatic heterocycles. The highest BCUT2D eigenvalue weighted by Crippen LogP contribution is 2.23. The lowest BCUT2D eigenvalue weighted by atomic mass is 9.91. The monoisotopic (exact) mass is 183 g/mol. The topological polar surface area (TPSA) is 38.3 Å². The maximum atomic E-state index is 11.0. The number of cyclic esters (lactones) is 1. The molecule has 3 heteroatoms. The van der Waals surface area contributed by atoms with Crippen LogP contribution < -0.4 is 5.32 Å². The average Bonchev–Trinajstić information content (AvgIpc) is 2.46. The maximum absolute atomic E-state index is 11.0. The molecule has 3 unspecified atom stereocenters. The first-order valence-corrected chi connectivity index (χ1v) is 4.66. The molecule has 0 aromatic heterocycles. The fraction of sp³-hybridized carbons (Fsp3) is 0.700. The van der Waals surface area contributed by atoms with Gasteiger partial charge in [0.05, 0.1) is 6.04 Å². The van der Waals surface area contributed by atoms with E-state index in [4.69, 9.17) is 4.74 Å². The summed E-state index contributed by atoms with van der Waals surface area (Å²) in [6.07, 6.45) is 1.45. The molecule has 1 saturated heterocycles. The molecule has 3 nitrogen and oxygen atoms in total. The van der Waals surface area contributed by atoms with Crippen LogP contribution in [0.15, 0.2) is 12.7 Å². The summed E-state index contributed by atoms with van der Waals surface area (Å²) in [6.45, 7) is 9.86. The number of hydrogen-bond acceptors (Lipinski definition) is 2. The third-order valence-corrected chi connectivity index (χ3v) is 2.49. The van der Waals surface area contributed by atoms with Gasteiger partial charge in [-0.15, -0.1) is 6.58 Å². The highest BCUT2D eigenvalue weighted by molar-refractivity contribution is 5.70. The van der Waals surface area contributed by atoms with Crippen LogP contribution in [0.5, 0.6) is 0 Å². The van der Waals surface area contributed by atoms with Crippen molar-refractivity contribution < 1.29 is 9.53 Å². The zero-order valence-electron chi connectivity index (χ0n) is 8.41. The Morgan fingerprint density at radius 3 is 2.62 bits per heavy atom. The van der Waals surface area contributed by atoms with Gasteiger partial charge in [0.1, 0.15) is 6.10 Å². The lowest BCUT2D eigenvalue weighted by Crippen LogP contribution is -2.39. The molecular weight excluding hydrogens is 166 g/mol. The SMILES string of the molecule is C=CC(C)C1OC(=O)NC1C(C)C. The average molecular weight is 183 g/mol. The van der Waals surface area contributed by atoms with Crippen molar-refractivity contribution >= 4 is 6.09 Å². The van der Waals surface area contributed by atoms with Gasteiger partial charge in [0, 0.05) is 5.92 Å². The summed E-state index contributed by atoms with van der Waals surface area (Å²) in [5.41, 5.74) is 0. The zero-order chi connectivity index (χ0) is 10.0. The lowest BCUT2D eigenvalue weighted by Gasteiger charge is -2.23. The van der Waals surface area contributed by atoms with E-state index >= 15 is 0 Å². The van der Waals surface area contributed by atoms with Crippen LogP contribution in [0, 0.1) is 11.8 Å². The molecule has 1 N–H and O–H groups in total. The number of hydrogen-bond donors (Lipinski definition) is 1. The Bertz CT molecular complexity index is 213. The van der Waals surface area contributed by atoms with E-state index in [0.29, 0.717) is 5.92 Å². The van der Waals surface area contributed by atoms with Crippen molar-refractivity contribution in [3.63, 3.8) is 0 Å². The summed E-state index contributed by atoms with van der Waals surface area (Å²) in [6, 6.07) is 0.112. The van der Waals surface area contributed by atoms with E-state index < -0.39 is 0 Å². The summed E-state index contributed by atoms with van der Waals surface area (Å²) in [5, 5.41) is 2.81. The number of carbonyl (C=O) groups is 1. The van der Waals surface area contributed by atoms with Gasteiger partial charge < -0.3 is 10.1 Å². The minimum absolute atomic E-state index is 0.0648. The molecule has 0 radical (unpaired) electrons. The second-order valence-corrected chi connectivity index (χ2v) is 3.88. The maximum Gasteiger partial charge on any atom is 0.407 e. The van der Waals surface area contributed by atoms with E-state index in [1.807, 2.05) is 13.0 Å². The van der Waals surface area contributed by atoms with Crippen molar-refractivity contribution in [2.45, 2.75) is 32.9 Å². The number of nitrogens with one attached hydrogen (secondary N) is 1. The normalized spacial score (nSPS) is 29.7. The number of alkyl carbamates (subject to hydrolysis) is 1. The molecule has 0 saturated carbocycles. The van der Waals surface area contributed by atoms with E-state index in [9.17, 15) is 4.79 Å². The van der Waals surface area contributed by atoms with Gasteiger partial charge in [-0.05, 0) is 5.92 Å². The molecule has 0 aromatic carbocycles. The van der Waals surface area contributed by atoms with Crippen LogP contribution in [0.3, 0.4) is 0 Å². The first kappa shape index (κ1) is 10.1. The van der Waals surface area contributed by atoms with Crippen molar-refractivity contribution in [2.75, 3.05) is 0 Å². The summed E-state index contributed by atoms with van der Waals surface area (Å²) in [4.78, 5) is 11.0. The van der Waals surface area contributed by atoms with Gasteiger partial charge in [-0.2, -0.15) is 0 Å². The number of rotatable bonds is 3. The minimum Gasteiger partial charge on any atom is -0.443 e. The van der Waals surface area contributed by atoms with Crippen LogP contribution in [0.4, 0.5) is 4.79 Å². The van der Waals surface area contributed by atoms with E-state index in [1.165, 1.54) is 0 Å². The second kappa shape index (κ2) is 3.81. The van der Waals surface area contributed by atoms with E-state index in [-0.39, 0.29) is 24.2 Å². The van der Waals surface area contributed by atoms with Crippen molar-refractivity contribution in [1.29, 1.82) is 0 Å². The van der Waals surface area contributed by atoms with Gasteiger partial charge in [0.2, 0.25) is 0 Å². The van der Waals surface area contributed by atoms with Crippen LogP contribution in [0.25, 0.3) is 0 Å². The molecule has 1 heterocycles. The second-order valence-electron chi connectivity index (χ2n) is 3.88. The first-order valence-electron chi connectivity index (χ1n) is 4.66. The molecule has 13 heavy (non-hydrogen) atoms. The molecule has 0 aliphatic carbocycles. The third kappa shape index (κ3) is 2.02. The van der Waals surface area contributed by atoms with Crippen molar-refractivity contribution in [3.8, 4) is 0 Å². The molecular formula is C10H17NO2. The molecule has 0 bridgehead atoms. The summed E-state index contributed by atoms with van der Waals surface area (Å²) in [5.74, 6) is 0.588. The zero-order valence-corrected chi connectivity index (χ0v) is 8.41. The van der Waals surface area contributed by atoms with Gasteiger partial charge in [0.15, 0.2) is 0 Å². The molecule has 3 atom stereocenters. The van der Waals surface area contributed by atoms with E-state index in [1.54, 1.807) is 0 Å². The third-order valence-electron chi connectivity index (χ3n) is 2.49. The predicted octanol–water partition coefficient (Wildman–Crippen LogP) is 1.94. The number of amides is 1. The molecule has 1 rings (SSSR count). The minimum atomic E-state index is -0.308. The smallest absolute Gasteiger partial charge is 0.407 e. The summed E-state index contributed by atoms with van der Waals surface area (Å²) < 4.78 is 5.17. The highest BCUT2D eigenvalue weighted by atomic mass is 16.6. The van der Waals surface area contributed by atoms with Gasteiger partial charge in [0.25, 0.3) is 0 Å². The largest absolute Gasteiger partial charge is 0.443 e. The number of carbonyl (C=O) groups excluding carboxylic acids is 1. The van der Waals surface area contributed by atoms with Crippen molar-refractivity contribution in [3.05, 3.63) is 12.7 Å². The number of ether oxygens (including phenoxy) is 1. The molecule has 0 aromatic rings. The molecule has 1 aliphatic rings. The molecule has 1 fully saturated rings. The molecule has 74 valence electrons. The summed E-state index contributed by atoms with van der Waals surface area (Å²) in [7, 11) is 0. The quantitative estimate of drug-likeness (QED) is 0.679. The van der Waals surface area contributed by atoms with Crippen LogP contribution in [-0.2, 0) is 4.74 Å². The molecule has 0 spiro atoms. The van der Waals surface area contributed by atoms with Crippen molar-refractivity contribution in [1.82, 2.24) is 5.32 Å².